The summed E-state index contributed by atoms with van der Waals surface area (Å²) in [7, 11) is 4.64. The lowest BCUT2D eigenvalue weighted by Gasteiger charge is -1.83. The number of hydrogen-bond acceptors (Lipinski definition) is 13. The maximum atomic E-state index is 10.4. The van der Waals surface area contributed by atoms with Gasteiger partial charge in [-0.1, -0.05) is 20.6 Å². The van der Waals surface area contributed by atoms with Gasteiger partial charge < -0.3 is 20.2 Å². The topological polar surface area (TPSA) is 223 Å². The van der Waals surface area contributed by atoms with Crippen LogP contribution in [0.3, 0.4) is 0 Å². The molecule has 0 spiro atoms. The number of methoxy groups -OCH3 is 1. The van der Waals surface area contributed by atoms with E-state index in [1.165, 1.54) is 18.6 Å². The number of rotatable bonds is 0. The number of oxime groups is 1. The maximum Gasteiger partial charge on any atom is 0.441 e. The third-order valence-corrected chi connectivity index (χ3v) is 3.40. The Hall–Kier alpha value is -3.73. The molecule has 0 aliphatic rings. The SMILES string of the molecule is CC(N)=NO.COC(=O)Cl.Cc1noc(=O)[nH]1.Cc1noc(=O)n1C.Cc1noc(=S)n1C. The predicted molar refractivity (Wildman–Crippen MR) is 117 cm³/mol. The molecule has 186 valence electrons. The molecule has 16 nitrogen and oxygen atoms in total. The van der Waals surface area contributed by atoms with E-state index in [9.17, 15) is 14.4 Å². The number of aryl methyl sites for hydroxylation is 3. The summed E-state index contributed by atoms with van der Waals surface area (Å²) in [6.07, 6.45) is 0. The molecule has 0 atom stereocenters. The molecule has 3 aromatic rings. The Kier molecular flexibility index (Phi) is 16.1. The third-order valence-electron chi connectivity index (χ3n) is 2.90. The van der Waals surface area contributed by atoms with Crippen LogP contribution in [0.1, 0.15) is 24.4 Å². The highest BCUT2D eigenvalue weighted by molar-refractivity contribution is 7.71. The highest BCUT2D eigenvalue weighted by Crippen LogP contribution is 1.92. The molecule has 0 aromatic carbocycles. The van der Waals surface area contributed by atoms with Gasteiger partial charge in [0.25, 0.3) is 4.84 Å². The van der Waals surface area contributed by atoms with Crippen molar-refractivity contribution in [3.05, 3.63) is 43.4 Å². The Morgan fingerprint density at radius 1 is 1.12 bits per heavy atom. The molecule has 33 heavy (non-hydrogen) atoms. The molecule has 0 aliphatic carbocycles. The van der Waals surface area contributed by atoms with E-state index in [0.29, 0.717) is 16.5 Å². The lowest BCUT2D eigenvalue weighted by molar-refractivity contribution is 0.198. The van der Waals surface area contributed by atoms with Crippen LogP contribution >= 0.6 is 23.8 Å². The molecule has 0 aliphatic heterocycles. The second kappa shape index (κ2) is 16.9. The average Bonchev–Trinajstić information content (AvgIpc) is 3.40. The third kappa shape index (κ3) is 15.7. The van der Waals surface area contributed by atoms with Crippen molar-refractivity contribution in [1.82, 2.24) is 29.6 Å². The smallest absolute Gasteiger partial charge is 0.441 e. The molecule has 3 heterocycles. The fourth-order valence-electron chi connectivity index (χ4n) is 1.02. The molecule has 0 saturated heterocycles. The van der Waals surface area contributed by atoms with Crippen LogP contribution in [0.2, 0.25) is 0 Å². The van der Waals surface area contributed by atoms with Crippen LogP contribution in [0.25, 0.3) is 0 Å². The fraction of sp³-hybridized carbons (Fsp3) is 0.467. The summed E-state index contributed by atoms with van der Waals surface area (Å²) in [6.45, 7) is 6.68. The van der Waals surface area contributed by atoms with Crippen LogP contribution in [0, 0.1) is 25.6 Å². The van der Waals surface area contributed by atoms with Crippen LogP contribution in [-0.2, 0) is 18.8 Å². The monoisotopic (exact) mass is 512 g/mol. The van der Waals surface area contributed by atoms with Gasteiger partial charge in [0.2, 0.25) is 0 Å². The van der Waals surface area contributed by atoms with Gasteiger partial charge in [0.15, 0.2) is 5.82 Å². The Morgan fingerprint density at radius 3 is 1.67 bits per heavy atom. The molecular formula is C15H25ClN8O8S. The number of nitrogens with one attached hydrogen (secondary N) is 1. The van der Waals surface area contributed by atoms with E-state index in [1.54, 1.807) is 25.5 Å². The minimum atomic E-state index is -0.773. The number of carbonyl (C=O) groups is 1. The first-order valence-corrected chi connectivity index (χ1v) is 9.24. The number of ether oxygens (including phenoxy) is 1. The molecule has 18 heteroatoms. The average molecular weight is 513 g/mol. The first-order valence-electron chi connectivity index (χ1n) is 8.45. The van der Waals surface area contributed by atoms with Crippen LogP contribution < -0.4 is 17.2 Å². The number of nitrogens with zero attached hydrogens (tertiary/aromatic N) is 6. The van der Waals surface area contributed by atoms with Crippen molar-refractivity contribution in [2.24, 2.45) is 25.0 Å². The number of carbonyl (C=O) groups excluding carboxylic acids is 1. The van der Waals surface area contributed by atoms with Crippen molar-refractivity contribution in [2.45, 2.75) is 27.7 Å². The lowest BCUT2D eigenvalue weighted by atomic mass is 10.7. The van der Waals surface area contributed by atoms with Crippen molar-refractivity contribution in [3.8, 4) is 0 Å². The van der Waals surface area contributed by atoms with Crippen molar-refractivity contribution >= 4 is 35.1 Å². The van der Waals surface area contributed by atoms with E-state index in [2.05, 4.69) is 55.5 Å². The molecule has 0 radical (unpaired) electrons. The van der Waals surface area contributed by atoms with Crippen molar-refractivity contribution in [3.63, 3.8) is 0 Å². The number of nitrogens with two attached hydrogens (primary N) is 1. The van der Waals surface area contributed by atoms with Gasteiger partial charge in [-0.2, -0.15) is 0 Å². The summed E-state index contributed by atoms with van der Waals surface area (Å²) in [4.78, 5) is 32.5. The summed E-state index contributed by atoms with van der Waals surface area (Å²) in [5.74, 6) is 1.17. The van der Waals surface area contributed by atoms with E-state index in [1.807, 2.05) is 14.0 Å². The van der Waals surface area contributed by atoms with E-state index >= 15 is 0 Å². The lowest BCUT2D eigenvalue weighted by Crippen LogP contribution is -2.09. The number of amidine groups is 1. The van der Waals surface area contributed by atoms with Crippen molar-refractivity contribution < 1.29 is 28.3 Å². The second-order valence-electron chi connectivity index (χ2n) is 5.47. The molecule has 0 saturated carbocycles. The summed E-state index contributed by atoms with van der Waals surface area (Å²) >= 11 is 9.31. The van der Waals surface area contributed by atoms with Gasteiger partial charge in [0, 0.05) is 25.7 Å². The summed E-state index contributed by atoms with van der Waals surface area (Å²) in [5, 5.41) is 20.5. The number of hydrogen-bond donors (Lipinski definition) is 3. The van der Waals surface area contributed by atoms with Gasteiger partial charge in [0.1, 0.15) is 17.5 Å². The second-order valence-corrected chi connectivity index (χ2v) is 6.13. The first kappa shape index (κ1) is 31.5. The van der Waals surface area contributed by atoms with Crippen molar-refractivity contribution in [1.29, 1.82) is 0 Å². The number of H-pyrrole nitrogens is 1. The minimum Gasteiger partial charge on any atom is -0.457 e. The normalized spacial score (nSPS) is 9.52. The van der Waals surface area contributed by atoms with E-state index < -0.39 is 16.9 Å². The van der Waals surface area contributed by atoms with Gasteiger partial charge in [-0.15, -0.1) is 0 Å². The standard InChI is InChI=1S/C4H6N2O2.C4H6N2OS.C3H4N2O2.C2H3ClO2.C2H6N2O/c1-3-5-8-4(7)6(3)2;1-3-5-7-4(8)6(3)2;1-2-4-3(6)7-5-2;1-5-2(3)4;1-2(3)4-5/h2*1-2H3;1H3,(H,4,5,6);1H3;5H,1H3,(H2,3,4). The van der Waals surface area contributed by atoms with Crippen LogP contribution in [0.15, 0.2) is 28.3 Å². The molecule has 0 bridgehead atoms. The summed E-state index contributed by atoms with van der Waals surface area (Å²) in [6, 6.07) is 0. The van der Waals surface area contributed by atoms with Gasteiger partial charge in [-0.05, 0) is 39.9 Å². The number of halogens is 1. The Morgan fingerprint density at radius 2 is 1.58 bits per heavy atom. The van der Waals surface area contributed by atoms with E-state index in [-0.39, 0.29) is 5.84 Å². The largest absolute Gasteiger partial charge is 0.457 e. The Balaban J connectivity index is 0. The maximum absolute atomic E-state index is 10.4. The molecule has 0 unspecified atom stereocenters. The Labute approximate surface area is 196 Å². The zero-order chi connectivity index (χ0) is 26.1. The zero-order valence-corrected chi connectivity index (χ0v) is 20.4. The van der Waals surface area contributed by atoms with Gasteiger partial charge in [-0.3, -0.25) is 23.2 Å². The number of aromatic amines is 1. The summed E-state index contributed by atoms with van der Waals surface area (Å²) < 4.78 is 19.9. The quantitative estimate of drug-likeness (QED) is 0.0960. The zero-order valence-electron chi connectivity index (χ0n) is 18.9. The summed E-state index contributed by atoms with van der Waals surface area (Å²) in [5.41, 5.74) is 4.02. The van der Waals surface area contributed by atoms with Crippen molar-refractivity contribution in [2.75, 3.05) is 7.11 Å². The van der Waals surface area contributed by atoms with Crippen LogP contribution in [-0.4, -0.2) is 53.2 Å². The van der Waals surface area contributed by atoms with Crippen LogP contribution in [0.4, 0.5) is 4.79 Å². The van der Waals surface area contributed by atoms with Gasteiger partial charge in [0.05, 0.1) is 7.11 Å². The molecule has 4 N–H and O–H groups in total. The fourth-order valence-corrected chi connectivity index (χ4v) is 1.19. The van der Waals surface area contributed by atoms with Gasteiger partial charge >= 0.3 is 16.9 Å². The highest BCUT2D eigenvalue weighted by Gasteiger charge is 1.96. The Bertz CT molecular complexity index is 1100. The predicted octanol–water partition coefficient (Wildman–Crippen LogP) is 1.15. The molecule has 3 rings (SSSR count). The van der Waals surface area contributed by atoms with Gasteiger partial charge in [-0.25, -0.2) is 14.4 Å². The number of aromatic nitrogens is 6. The molecule has 0 fully saturated rings. The highest BCUT2D eigenvalue weighted by atomic mass is 35.5. The molecular weight excluding hydrogens is 488 g/mol. The molecule has 3 aromatic heterocycles. The van der Waals surface area contributed by atoms with E-state index in [0.717, 1.165) is 5.82 Å². The molecule has 0 amide bonds. The minimum absolute atomic E-state index is 0.185. The van der Waals surface area contributed by atoms with E-state index in [4.69, 9.17) is 23.2 Å². The first-order chi connectivity index (χ1) is 15.3. The van der Waals surface area contributed by atoms with Crippen LogP contribution in [0.5, 0.6) is 0 Å².